The maximum absolute atomic E-state index is 10.1. The zero-order valence-corrected chi connectivity index (χ0v) is 17.1. The van der Waals surface area contributed by atoms with Crippen LogP contribution in [0.4, 0.5) is 0 Å². The summed E-state index contributed by atoms with van der Waals surface area (Å²) in [6, 6.07) is 7.95. The highest BCUT2D eigenvalue weighted by Gasteiger charge is 2.21. The van der Waals surface area contributed by atoms with E-state index < -0.39 is 6.10 Å². The lowest BCUT2D eigenvalue weighted by Gasteiger charge is -2.23. The molecule has 0 aromatic heterocycles. The molecule has 1 aliphatic carbocycles. The van der Waals surface area contributed by atoms with Crippen LogP contribution in [0.2, 0.25) is 0 Å². The number of nitrogens with zero attached hydrogens (tertiary/aromatic N) is 1. The largest absolute Gasteiger partial charge is 0.488 e. The molecule has 0 saturated heterocycles. The highest BCUT2D eigenvalue weighted by atomic mass is 16.5. The Morgan fingerprint density at radius 2 is 2.00 bits per heavy atom. The van der Waals surface area contributed by atoms with E-state index in [-0.39, 0.29) is 5.60 Å². The lowest BCUT2D eigenvalue weighted by molar-refractivity contribution is 0.0345. The van der Waals surface area contributed by atoms with Crippen molar-refractivity contribution in [2.75, 3.05) is 26.3 Å². The summed E-state index contributed by atoms with van der Waals surface area (Å²) in [5, 5.41) is 16.5. The van der Waals surface area contributed by atoms with Crippen LogP contribution in [-0.2, 0) is 11.3 Å². The van der Waals surface area contributed by atoms with Crippen molar-refractivity contribution in [1.82, 2.24) is 10.6 Å². The van der Waals surface area contributed by atoms with Crippen LogP contribution in [0.3, 0.4) is 0 Å². The SMILES string of the molecule is CCNC(=NCc1ccccc1OC(C)(C)C)NCC(O)COCC1CC1. The van der Waals surface area contributed by atoms with Gasteiger partial charge in [-0.15, -0.1) is 0 Å². The van der Waals surface area contributed by atoms with Crippen molar-refractivity contribution < 1.29 is 14.6 Å². The first-order chi connectivity index (χ1) is 12.9. The van der Waals surface area contributed by atoms with Gasteiger partial charge in [-0.25, -0.2) is 4.99 Å². The maximum Gasteiger partial charge on any atom is 0.191 e. The van der Waals surface area contributed by atoms with Gasteiger partial charge in [-0.3, -0.25) is 0 Å². The summed E-state index contributed by atoms with van der Waals surface area (Å²) in [5.41, 5.74) is 0.769. The van der Waals surface area contributed by atoms with E-state index in [9.17, 15) is 5.11 Å². The average Bonchev–Trinajstić information content (AvgIpc) is 3.41. The molecule has 6 nitrogen and oxygen atoms in total. The third kappa shape index (κ3) is 9.11. The van der Waals surface area contributed by atoms with Crippen molar-refractivity contribution in [2.45, 2.75) is 58.8 Å². The van der Waals surface area contributed by atoms with Gasteiger partial charge in [0.1, 0.15) is 11.4 Å². The number of hydrogen-bond acceptors (Lipinski definition) is 4. The second-order valence-corrected chi connectivity index (χ2v) is 8.03. The quantitative estimate of drug-likeness (QED) is 0.432. The third-order valence-corrected chi connectivity index (χ3v) is 4.01. The number of ether oxygens (including phenoxy) is 2. The minimum Gasteiger partial charge on any atom is -0.488 e. The monoisotopic (exact) mass is 377 g/mol. The molecule has 1 saturated carbocycles. The second kappa shape index (κ2) is 10.5. The third-order valence-electron chi connectivity index (χ3n) is 4.01. The summed E-state index contributed by atoms with van der Waals surface area (Å²) >= 11 is 0. The van der Waals surface area contributed by atoms with Crippen molar-refractivity contribution in [3.05, 3.63) is 29.8 Å². The van der Waals surface area contributed by atoms with Crippen molar-refractivity contribution in [2.24, 2.45) is 10.9 Å². The lowest BCUT2D eigenvalue weighted by atomic mass is 10.1. The van der Waals surface area contributed by atoms with Crippen LogP contribution in [0.25, 0.3) is 0 Å². The molecule has 6 heteroatoms. The van der Waals surface area contributed by atoms with Crippen LogP contribution < -0.4 is 15.4 Å². The molecule has 1 aliphatic rings. The minimum absolute atomic E-state index is 0.257. The smallest absolute Gasteiger partial charge is 0.191 e. The number of nitrogens with one attached hydrogen (secondary N) is 2. The van der Waals surface area contributed by atoms with Gasteiger partial charge < -0.3 is 25.2 Å². The molecular formula is C21H35N3O3. The molecule has 0 aliphatic heterocycles. The van der Waals surface area contributed by atoms with E-state index in [1.165, 1.54) is 12.8 Å². The summed E-state index contributed by atoms with van der Waals surface area (Å²) in [6.45, 7) is 10.9. The van der Waals surface area contributed by atoms with Gasteiger partial charge in [0.05, 0.1) is 19.3 Å². The predicted octanol–water partition coefficient (Wildman–Crippen LogP) is 2.71. The van der Waals surface area contributed by atoms with Gasteiger partial charge in [-0.2, -0.15) is 0 Å². The van der Waals surface area contributed by atoms with Crippen molar-refractivity contribution in [1.29, 1.82) is 0 Å². The Hall–Kier alpha value is -1.79. The molecule has 0 bridgehead atoms. The molecule has 1 aromatic rings. The predicted molar refractivity (Wildman–Crippen MR) is 109 cm³/mol. The van der Waals surface area contributed by atoms with Gasteiger partial charge in [-0.1, -0.05) is 18.2 Å². The Kier molecular flexibility index (Phi) is 8.38. The summed E-state index contributed by atoms with van der Waals surface area (Å²) < 4.78 is 11.6. The highest BCUT2D eigenvalue weighted by molar-refractivity contribution is 5.79. The zero-order valence-electron chi connectivity index (χ0n) is 17.1. The average molecular weight is 378 g/mol. The Balaban J connectivity index is 1.86. The lowest BCUT2D eigenvalue weighted by Crippen LogP contribution is -2.42. The molecule has 0 radical (unpaired) electrons. The molecule has 1 unspecified atom stereocenters. The molecule has 3 N–H and O–H groups in total. The molecule has 0 spiro atoms. The molecular weight excluding hydrogens is 342 g/mol. The Morgan fingerprint density at radius 1 is 1.26 bits per heavy atom. The number of aliphatic imine (C=N–C) groups is 1. The molecule has 1 aromatic carbocycles. The Bertz CT molecular complexity index is 595. The van der Waals surface area contributed by atoms with Gasteiger partial charge in [0, 0.05) is 25.3 Å². The fraction of sp³-hybridized carbons (Fsp3) is 0.667. The Labute approximate surface area is 163 Å². The number of guanidine groups is 1. The maximum atomic E-state index is 10.1. The van der Waals surface area contributed by atoms with Crippen LogP contribution >= 0.6 is 0 Å². The van der Waals surface area contributed by atoms with E-state index in [0.29, 0.717) is 31.6 Å². The van der Waals surface area contributed by atoms with E-state index >= 15 is 0 Å². The first kappa shape index (κ1) is 21.5. The van der Waals surface area contributed by atoms with E-state index in [2.05, 4.69) is 15.6 Å². The number of benzene rings is 1. The Morgan fingerprint density at radius 3 is 2.67 bits per heavy atom. The summed E-state index contributed by atoms with van der Waals surface area (Å²) in [7, 11) is 0. The van der Waals surface area contributed by atoms with Crippen molar-refractivity contribution >= 4 is 5.96 Å². The van der Waals surface area contributed by atoms with Gasteiger partial charge >= 0.3 is 0 Å². The first-order valence-corrected chi connectivity index (χ1v) is 9.92. The number of para-hydroxylation sites is 1. The number of aliphatic hydroxyl groups excluding tert-OH is 1. The summed E-state index contributed by atoms with van der Waals surface area (Å²) in [5.74, 6) is 2.22. The van der Waals surface area contributed by atoms with Crippen LogP contribution in [0.5, 0.6) is 5.75 Å². The topological polar surface area (TPSA) is 75.1 Å². The number of rotatable bonds is 10. The molecule has 0 amide bonds. The molecule has 1 fully saturated rings. The van der Waals surface area contributed by atoms with Crippen LogP contribution in [-0.4, -0.2) is 49.1 Å². The molecule has 0 heterocycles. The molecule has 1 atom stereocenters. The summed E-state index contributed by atoms with van der Waals surface area (Å²) in [6.07, 6.45) is 1.96. The van der Waals surface area contributed by atoms with Gasteiger partial charge in [0.2, 0.25) is 0 Å². The van der Waals surface area contributed by atoms with Crippen LogP contribution in [0.1, 0.15) is 46.1 Å². The molecule has 152 valence electrons. The van der Waals surface area contributed by atoms with E-state index in [4.69, 9.17) is 9.47 Å². The fourth-order valence-corrected chi connectivity index (χ4v) is 2.50. The van der Waals surface area contributed by atoms with E-state index in [1.54, 1.807) is 0 Å². The normalized spacial score (nSPS) is 16.1. The molecule has 2 rings (SSSR count). The van der Waals surface area contributed by atoms with Gasteiger partial charge in [-0.05, 0) is 52.5 Å². The standard InChI is InChI=1S/C21H35N3O3/c1-5-22-20(24-13-18(25)15-26-14-16-10-11-16)23-12-17-8-6-7-9-19(17)27-21(2,3)4/h6-9,16,18,25H,5,10-15H2,1-4H3,(H2,22,23,24). The van der Waals surface area contributed by atoms with E-state index in [1.807, 2.05) is 52.0 Å². The zero-order chi connectivity index (χ0) is 19.7. The highest BCUT2D eigenvalue weighted by Crippen LogP contribution is 2.28. The number of hydrogen-bond donors (Lipinski definition) is 3. The molecule has 27 heavy (non-hydrogen) atoms. The summed E-state index contributed by atoms with van der Waals surface area (Å²) in [4.78, 5) is 4.63. The van der Waals surface area contributed by atoms with Crippen molar-refractivity contribution in [3.8, 4) is 5.75 Å². The van der Waals surface area contributed by atoms with Gasteiger partial charge in [0.15, 0.2) is 5.96 Å². The number of aliphatic hydroxyl groups is 1. The van der Waals surface area contributed by atoms with Crippen LogP contribution in [0.15, 0.2) is 29.3 Å². The van der Waals surface area contributed by atoms with Crippen molar-refractivity contribution in [3.63, 3.8) is 0 Å². The van der Waals surface area contributed by atoms with E-state index in [0.717, 1.165) is 24.5 Å². The minimum atomic E-state index is -0.552. The first-order valence-electron chi connectivity index (χ1n) is 9.92. The van der Waals surface area contributed by atoms with Crippen LogP contribution in [0, 0.1) is 5.92 Å². The van der Waals surface area contributed by atoms with Gasteiger partial charge in [0.25, 0.3) is 0 Å². The second-order valence-electron chi connectivity index (χ2n) is 8.03. The fourth-order valence-electron chi connectivity index (χ4n) is 2.50.